The SMILES string of the molecule is CC(C)(C)c1cc(C(=O)Nc2ccc(Cl)cn2)ccn1. The fourth-order valence-corrected chi connectivity index (χ4v) is 1.73. The zero-order valence-corrected chi connectivity index (χ0v) is 12.4. The summed E-state index contributed by atoms with van der Waals surface area (Å²) >= 11 is 5.75. The van der Waals surface area contributed by atoms with E-state index >= 15 is 0 Å². The van der Waals surface area contributed by atoms with Gasteiger partial charge in [-0.05, 0) is 24.3 Å². The van der Waals surface area contributed by atoms with Gasteiger partial charge in [0.1, 0.15) is 5.82 Å². The lowest BCUT2D eigenvalue weighted by Crippen LogP contribution is -2.17. The highest BCUT2D eigenvalue weighted by molar-refractivity contribution is 6.30. The van der Waals surface area contributed by atoms with Gasteiger partial charge >= 0.3 is 0 Å². The number of anilines is 1. The molecule has 1 N–H and O–H groups in total. The summed E-state index contributed by atoms with van der Waals surface area (Å²) in [6, 6.07) is 6.81. The van der Waals surface area contributed by atoms with Crippen molar-refractivity contribution in [2.75, 3.05) is 5.32 Å². The Morgan fingerprint density at radius 3 is 2.55 bits per heavy atom. The Morgan fingerprint density at radius 1 is 1.20 bits per heavy atom. The average molecular weight is 290 g/mol. The quantitative estimate of drug-likeness (QED) is 0.917. The lowest BCUT2D eigenvalue weighted by atomic mass is 9.91. The van der Waals surface area contributed by atoms with Gasteiger partial charge in [0.25, 0.3) is 5.91 Å². The van der Waals surface area contributed by atoms with E-state index in [2.05, 4.69) is 36.1 Å². The number of halogens is 1. The second kappa shape index (κ2) is 5.59. The number of carbonyl (C=O) groups excluding carboxylic acids is 1. The Bertz CT molecular complexity index is 618. The maximum absolute atomic E-state index is 12.2. The van der Waals surface area contributed by atoms with E-state index in [0.29, 0.717) is 16.4 Å². The molecule has 2 heterocycles. The first-order valence-electron chi connectivity index (χ1n) is 6.26. The normalized spacial score (nSPS) is 11.2. The van der Waals surface area contributed by atoms with Gasteiger partial charge in [0.2, 0.25) is 0 Å². The van der Waals surface area contributed by atoms with E-state index in [-0.39, 0.29) is 11.3 Å². The van der Waals surface area contributed by atoms with Crippen molar-refractivity contribution in [2.24, 2.45) is 0 Å². The minimum atomic E-state index is -0.215. The number of hydrogen-bond donors (Lipinski definition) is 1. The van der Waals surface area contributed by atoms with E-state index in [1.54, 1.807) is 30.5 Å². The molecule has 0 aliphatic heterocycles. The third kappa shape index (κ3) is 3.54. The van der Waals surface area contributed by atoms with Crippen molar-refractivity contribution in [1.29, 1.82) is 0 Å². The van der Waals surface area contributed by atoms with Gasteiger partial charge < -0.3 is 5.32 Å². The van der Waals surface area contributed by atoms with Crippen molar-refractivity contribution in [3.8, 4) is 0 Å². The van der Waals surface area contributed by atoms with Gasteiger partial charge in [-0.2, -0.15) is 0 Å². The zero-order valence-electron chi connectivity index (χ0n) is 11.6. The minimum Gasteiger partial charge on any atom is -0.307 e. The minimum absolute atomic E-state index is 0.102. The van der Waals surface area contributed by atoms with Crippen molar-refractivity contribution in [3.05, 3.63) is 52.9 Å². The number of nitrogens with one attached hydrogen (secondary N) is 1. The van der Waals surface area contributed by atoms with Gasteiger partial charge in [0, 0.05) is 29.1 Å². The van der Waals surface area contributed by atoms with Crippen LogP contribution in [0.3, 0.4) is 0 Å². The molecule has 4 nitrogen and oxygen atoms in total. The maximum atomic E-state index is 12.2. The summed E-state index contributed by atoms with van der Waals surface area (Å²) in [6.07, 6.45) is 3.13. The lowest BCUT2D eigenvalue weighted by molar-refractivity contribution is 0.102. The highest BCUT2D eigenvalue weighted by Gasteiger charge is 2.17. The molecule has 0 aliphatic rings. The van der Waals surface area contributed by atoms with Gasteiger partial charge in [0.05, 0.1) is 5.02 Å². The third-order valence-electron chi connectivity index (χ3n) is 2.76. The van der Waals surface area contributed by atoms with Crippen LogP contribution >= 0.6 is 11.6 Å². The summed E-state index contributed by atoms with van der Waals surface area (Å²) in [5.74, 6) is 0.251. The first-order chi connectivity index (χ1) is 9.36. The molecule has 0 atom stereocenters. The molecule has 1 amide bonds. The van der Waals surface area contributed by atoms with Gasteiger partial charge in [-0.1, -0.05) is 32.4 Å². The van der Waals surface area contributed by atoms with E-state index in [1.165, 1.54) is 6.20 Å². The number of nitrogens with zero attached hydrogens (tertiary/aromatic N) is 2. The Labute approximate surface area is 123 Å². The fourth-order valence-electron chi connectivity index (χ4n) is 1.62. The lowest BCUT2D eigenvalue weighted by Gasteiger charge is -2.18. The van der Waals surface area contributed by atoms with Gasteiger partial charge in [-0.25, -0.2) is 4.98 Å². The van der Waals surface area contributed by atoms with Crippen LogP contribution in [0.2, 0.25) is 5.02 Å². The summed E-state index contributed by atoms with van der Waals surface area (Å²) in [7, 11) is 0. The van der Waals surface area contributed by atoms with Crippen LogP contribution in [0.15, 0.2) is 36.7 Å². The summed E-state index contributed by atoms with van der Waals surface area (Å²) in [4.78, 5) is 20.5. The Kier molecular flexibility index (Phi) is 4.04. The van der Waals surface area contributed by atoms with Crippen LogP contribution in [0.4, 0.5) is 5.82 Å². The number of hydrogen-bond acceptors (Lipinski definition) is 3. The summed E-state index contributed by atoms with van der Waals surface area (Å²) < 4.78 is 0. The summed E-state index contributed by atoms with van der Waals surface area (Å²) in [5, 5.41) is 3.26. The second-order valence-corrected chi connectivity index (χ2v) is 5.93. The molecule has 2 rings (SSSR count). The van der Waals surface area contributed by atoms with Crippen molar-refractivity contribution < 1.29 is 4.79 Å². The van der Waals surface area contributed by atoms with Crippen LogP contribution in [0, 0.1) is 0 Å². The molecular weight excluding hydrogens is 274 g/mol. The molecular formula is C15H16ClN3O. The number of pyridine rings is 2. The molecule has 20 heavy (non-hydrogen) atoms. The molecule has 0 aliphatic carbocycles. The van der Waals surface area contributed by atoms with Crippen LogP contribution < -0.4 is 5.32 Å². The first kappa shape index (κ1) is 14.5. The predicted octanol–water partition coefficient (Wildman–Crippen LogP) is 3.68. The van der Waals surface area contributed by atoms with Crippen molar-refractivity contribution in [1.82, 2.24) is 9.97 Å². The molecule has 2 aromatic heterocycles. The van der Waals surface area contributed by atoms with Gasteiger partial charge in [-0.15, -0.1) is 0 Å². The molecule has 0 saturated carbocycles. The maximum Gasteiger partial charge on any atom is 0.256 e. The van der Waals surface area contributed by atoms with E-state index in [9.17, 15) is 4.79 Å². The third-order valence-corrected chi connectivity index (χ3v) is 2.98. The smallest absolute Gasteiger partial charge is 0.256 e. The standard InChI is InChI=1S/C15H16ClN3O/c1-15(2,3)12-8-10(6-7-17-12)14(20)19-13-5-4-11(16)9-18-13/h4-9H,1-3H3,(H,18,19,20). The summed E-state index contributed by atoms with van der Waals surface area (Å²) in [5.41, 5.74) is 1.32. The molecule has 0 unspecified atom stereocenters. The van der Waals surface area contributed by atoms with Crippen LogP contribution in [0.1, 0.15) is 36.8 Å². The van der Waals surface area contributed by atoms with E-state index in [1.807, 2.05) is 0 Å². The predicted molar refractivity (Wildman–Crippen MR) is 80.1 cm³/mol. The second-order valence-electron chi connectivity index (χ2n) is 5.50. The van der Waals surface area contributed by atoms with Gasteiger partial charge in [-0.3, -0.25) is 9.78 Å². The molecule has 0 radical (unpaired) electrons. The molecule has 0 bridgehead atoms. The van der Waals surface area contributed by atoms with Crippen LogP contribution in [-0.4, -0.2) is 15.9 Å². The van der Waals surface area contributed by atoms with E-state index < -0.39 is 0 Å². The topological polar surface area (TPSA) is 54.9 Å². The molecule has 0 aromatic carbocycles. The monoisotopic (exact) mass is 289 g/mol. The first-order valence-corrected chi connectivity index (χ1v) is 6.63. The van der Waals surface area contributed by atoms with Crippen LogP contribution in [0.5, 0.6) is 0 Å². The highest BCUT2D eigenvalue weighted by Crippen LogP contribution is 2.20. The molecule has 5 heteroatoms. The largest absolute Gasteiger partial charge is 0.307 e. The Balaban J connectivity index is 2.19. The van der Waals surface area contributed by atoms with Crippen LogP contribution in [0.25, 0.3) is 0 Å². The van der Waals surface area contributed by atoms with E-state index in [0.717, 1.165) is 5.69 Å². The molecule has 0 spiro atoms. The number of aromatic nitrogens is 2. The molecule has 0 fully saturated rings. The van der Waals surface area contributed by atoms with Crippen molar-refractivity contribution >= 4 is 23.3 Å². The fraction of sp³-hybridized carbons (Fsp3) is 0.267. The molecule has 2 aromatic rings. The Hall–Kier alpha value is -1.94. The Morgan fingerprint density at radius 2 is 1.95 bits per heavy atom. The van der Waals surface area contributed by atoms with Crippen molar-refractivity contribution in [2.45, 2.75) is 26.2 Å². The zero-order chi connectivity index (χ0) is 14.8. The van der Waals surface area contributed by atoms with Crippen molar-refractivity contribution in [3.63, 3.8) is 0 Å². The van der Waals surface area contributed by atoms with E-state index in [4.69, 9.17) is 11.6 Å². The molecule has 104 valence electrons. The summed E-state index contributed by atoms with van der Waals surface area (Å²) in [6.45, 7) is 6.16. The van der Waals surface area contributed by atoms with Crippen LogP contribution in [-0.2, 0) is 5.41 Å². The number of carbonyl (C=O) groups is 1. The number of amides is 1. The number of rotatable bonds is 2. The molecule has 0 saturated heterocycles. The highest BCUT2D eigenvalue weighted by atomic mass is 35.5. The van der Waals surface area contributed by atoms with Gasteiger partial charge in [0.15, 0.2) is 0 Å². The average Bonchev–Trinajstić information content (AvgIpc) is 2.40.